The van der Waals surface area contributed by atoms with Crippen LogP contribution in [0.15, 0.2) is 31.0 Å². The third-order valence-corrected chi connectivity index (χ3v) is 2.90. The van der Waals surface area contributed by atoms with E-state index in [9.17, 15) is 9.90 Å². The Bertz CT molecular complexity index is 778. The molecular weight excluding hydrogens is 274 g/mol. The van der Waals surface area contributed by atoms with Crippen molar-refractivity contribution in [2.24, 2.45) is 7.05 Å². The van der Waals surface area contributed by atoms with Gasteiger partial charge in [-0.1, -0.05) is 5.21 Å². The predicted octanol–water partition coefficient (Wildman–Crippen LogP) is 0.215. The lowest BCUT2D eigenvalue weighted by molar-refractivity contribution is 0.0691. The number of hydrogen-bond acceptors (Lipinski definition) is 6. The highest BCUT2D eigenvalue weighted by Gasteiger charge is 2.23. The molecule has 106 valence electrons. The molecule has 9 heteroatoms. The van der Waals surface area contributed by atoms with Crippen molar-refractivity contribution in [2.45, 2.75) is 6.54 Å². The van der Waals surface area contributed by atoms with Crippen LogP contribution in [0.1, 0.15) is 16.2 Å². The second-order valence-corrected chi connectivity index (χ2v) is 4.31. The minimum Gasteiger partial charge on any atom is -0.476 e. The summed E-state index contributed by atoms with van der Waals surface area (Å²) >= 11 is 0. The molecular formula is C12H11N7O2. The minimum atomic E-state index is -1.15. The van der Waals surface area contributed by atoms with E-state index >= 15 is 0 Å². The van der Waals surface area contributed by atoms with Gasteiger partial charge in [0.2, 0.25) is 5.69 Å². The fourth-order valence-electron chi connectivity index (χ4n) is 1.95. The van der Waals surface area contributed by atoms with Gasteiger partial charge in [0.05, 0.1) is 18.4 Å². The molecule has 0 amide bonds. The van der Waals surface area contributed by atoms with Crippen molar-refractivity contribution in [3.8, 4) is 11.5 Å². The molecule has 0 bridgehead atoms. The lowest BCUT2D eigenvalue weighted by Crippen LogP contribution is -2.09. The van der Waals surface area contributed by atoms with Crippen molar-refractivity contribution in [2.75, 3.05) is 0 Å². The SMILES string of the molecule is Cn1ccnc1-c1c(C(=O)O)nnn1Cc1cnccn1. The Balaban J connectivity index is 2.10. The molecule has 0 aliphatic rings. The number of carbonyl (C=O) groups is 1. The summed E-state index contributed by atoms with van der Waals surface area (Å²) in [6.45, 7) is 0.260. The summed E-state index contributed by atoms with van der Waals surface area (Å²) < 4.78 is 3.16. The quantitative estimate of drug-likeness (QED) is 0.729. The maximum atomic E-state index is 11.3. The van der Waals surface area contributed by atoms with Gasteiger partial charge in [-0.25, -0.2) is 14.5 Å². The molecule has 3 heterocycles. The molecule has 3 aromatic rings. The standard InChI is InChI=1S/C12H11N7O2/c1-18-5-4-15-11(18)10-9(12(20)21)16-17-19(10)7-8-6-13-2-3-14-8/h2-6H,7H2,1H3,(H,20,21). The molecule has 0 fully saturated rings. The van der Waals surface area contributed by atoms with E-state index in [1.165, 1.54) is 4.68 Å². The molecule has 0 spiro atoms. The average Bonchev–Trinajstić information content (AvgIpc) is 3.06. The van der Waals surface area contributed by atoms with E-state index in [1.807, 2.05) is 0 Å². The van der Waals surface area contributed by atoms with Gasteiger partial charge in [-0.3, -0.25) is 9.97 Å². The molecule has 21 heavy (non-hydrogen) atoms. The van der Waals surface area contributed by atoms with Crippen molar-refractivity contribution in [3.63, 3.8) is 0 Å². The monoisotopic (exact) mass is 285 g/mol. The first kappa shape index (κ1) is 12.9. The predicted molar refractivity (Wildman–Crippen MR) is 70.3 cm³/mol. The van der Waals surface area contributed by atoms with Crippen molar-refractivity contribution in [1.82, 2.24) is 34.5 Å². The third-order valence-electron chi connectivity index (χ3n) is 2.90. The van der Waals surface area contributed by atoms with Crippen molar-refractivity contribution < 1.29 is 9.90 Å². The van der Waals surface area contributed by atoms with Crippen molar-refractivity contribution >= 4 is 5.97 Å². The van der Waals surface area contributed by atoms with Gasteiger partial charge in [0.25, 0.3) is 0 Å². The second-order valence-electron chi connectivity index (χ2n) is 4.31. The molecule has 0 aliphatic carbocycles. The number of imidazole rings is 1. The zero-order valence-electron chi connectivity index (χ0n) is 11.1. The molecule has 0 atom stereocenters. The summed E-state index contributed by atoms with van der Waals surface area (Å²) in [4.78, 5) is 23.6. The van der Waals surface area contributed by atoms with E-state index in [0.29, 0.717) is 17.2 Å². The number of carboxylic acids is 1. The van der Waals surface area contributed by atoms with Gasteiger partial charge in [0.1, 0.15) is 5.69 Å². The summed E-state index contributed by atoms with van der Waals surface area (Å²) in [6.07, 6.45) is 8.02. The fraction of sp³-hybridized carbons (Fsp3) is 0.167. The third kappa shape index (κ3) is 2.36. The van der Waals surface area contributed by atoms with Gasteiger partial charge < -0.3 is 9.67 Å². The molecule has 0 aromatic carbocycles. The highest BCUT2D eigenvalue weighted by atomic mass is 16.4. The van der Waals surface area contributed by atoms with Crippen LogP contribution in [0, 0.1) is 0 Å². The summed E-state index contributed by atoms with van der Waals surface area (Å²) in [5.41, 5.74) is 0.837. The zero-order chi connectivity index (χ0) is 14.8. The normalized spacial score (nSPS) is 10.7. The summed E-state index contributed by atoms with van der Waals surface area (Å²) in [7, 11) is 1.77. The Morgan fingerprint density at radius 3 is 2.76 bits per heavy atom. The van der Waals surface area contributed by atoms with E-state index < -0.39 is 5.97 Å². The highest BCUT2D eigenvalue weighted by molar-refractivity contribution is 5.91. The second kappa shape index (κ2) is 5.12. The molecule has 9 nitrogen and oxygen atoms in total. The molecule has 3 aromatic heterocycles. The van der Waals surface area contributed by atoms with Crippen LogP contribution in [-0.2, 0) is 13.6 Å². The maximum Gasteiger partial charge on any atom is 0.358 e. The van der Waals surface area contributed by atoms with Gasteiger partial charge in [-0.15, -0.1) is 5.10 Å². The Labute approximate surface area is 118 Å². The first-order chi connectivity index (χ1) is 10.2. The van der Waals surface area contributed by atoms with Crippen LogP contribution in [0.3, 0.4) is 0 Å². The molecule has 0 aliphatic heterocycles. The Hall–Kier alpha value is -3.10. The Morgan fingerprint density at radius 1 is 1.29 bits per heavy atom. The van der Waals surface area contributed by atoms with E-state index in [2.05, 4.69) is 25.3 Å². The number of rotatable bonds is 4. The number of aromatic carboxylic acids is 1. The Kier molecular flexibility index (Phi) is 3.14. The van der Waals surface area contributed by atoms with Crippen molar-refractivity contribution in [1.29, 1.82) is 0 Å². The molecule has 0 radical (unpaired) electrons. The van der Waals surface area contributed by atoms with Crippen LogP contribution < -0.4 is 0 Å². The largest absolute Gasteiger partial charge is 0.476 e. The van der Waals surface area contributed by atoms with Crippen LogP contribution in [0.5, 0.6) is 0 Å². The number of carboxylic acid groups (broad SMARTS) is 1. The summed E-state index contributed by atoms with van der Waals surface area (Å²) in [6, 6.07) is 0. The smallest absolute Gasteiger partial charge is 0.358 e. The molecule has 3 rings (SSSR count). The van der Waals surface area contributed by atoms with Crippen LogP contribution in [0.4, 0.5) is 0 Å². The zero-order valence-corrected chi connectivity index (χ0v) is 11.1. The van der Waals surface area contributed by atoms with Gasteiger partial charge >= 0.3 is 5.97 Å². The lowest BCUT2D eigenvalue weighted by atomic mass is 10.3. The van der Waals surface area contributed by atoms with E-state index in [0.717, 1.165) is 0 Å². The van der Waals surface area contributed by atoms with Crippen LogP contribution in [0.25, 0.3) is 11.5 Å². The fourth-order valence-corrected chi connectivity index (χ4v) is 1.95. The van der Waals surface area contributed by atoms with Crippen LogP contribution in [-0.4, -0.2) is 45.6 Å². The molecule has 1 N–H and O–H groups in total. The van der Waals surface area contributed by atoms with Crippen molar-refractivity contribution in [3.05, 3.63) is 42.4 Å². The van der Waals surface area contributed by atoms with E-state index in [-0.39, 0.29) is 12.2 Å². The van der Waals surface area contributed by atoms with Crippen LogP contribution in [0.2, 0.25) is 0 Å². The molecule has 0 unspecified atom stereocenters. The first-order valence-corrected chi connectivity index (χ1v) is 6.06. The summed E-state index contributed by atoms with van der Waals surface area (Å²) in [5, 5.41) is 16.9. The van der Waals surface area contributed by atoms with E-state index in [4.69, 9.17) is 0 Å². The lowest BCUT2D eigenvalue weighted by Gasteiger charge is -2.06. The number of aryl methyl sites for hydroxylation is 1. The molecule has 0 saturated carbocycles. The molecule has 0 saturated heterocycles. The van der Waals surface area contributed by atoms with Gasteiger partial charge in [-0.2, -0.15) is 0 Å². The number of aromatic nitrogens is 7. The topological polar surface area (TPSA) is 112 Å². The van der Waals surface area contributed by atoms with Gasteiger partial charge in [0, 0.05) is 31.8 Å². The first-order valence-electron chi connectivity index (χ1n) is 6.06. The highest BCUT2D eigenvalue weighted by Crippen LogP contribution is 2.20. The number of hydrogen-bond donors (Lipinski definition) is 1. The maximum absolute atomic E-state index is 11.3. The minimum absolute atomic E-state index is 0.145. The number of nitrogens with zero attached hydrogens (tertiary/aromatic N) is 7. The Morgan fingerprint density at radius 2 is 2.14 bits per heavy atom. The van der Waals surface area contributed by atoms with Crippen LogP contribution >= 0.6 is 0 Å². The summed E-state index contributed by atoms with van der Waals surface area (Å²) in [5.74, 6) is -0.681. The van der Waals surface area contributed by atoms with Gasteiger partial charge in [0.15, 0.2) is 5.82 Å². The van der Waals surface area contributed by atoms with Gasteiger partial charge in [-0.05, 0) is 0 Å². The average molecular weight is 285 g/mol. The van der Waals surface area contributed by atoms with E-state index in [1.54, 1.807) is 42.6 Å².